The number of aromatic nitrogens is 1. The molecule has 3 aromatic rings. The molecule has 0 amide bonds. The highest BCUT2D eigenvalue weighted by Gasteiger charge is 2.21. The summed E-state index contributed by atoms with van der Waals surface area (Å²) in [6, 6.07) is 19.2. The lowest BCUT2D eigenvalue weighted by molar-refractivity contribution is 0.0644. The Bertz CT molecular complexity index is 820. The van der Waals surface area contributed by atoms with Crippen molar-refractivity contribution in [2.24, 2.45) is 7.05 Å². The first-order valence-corrected chi connectivity index (χ1v) is 8.44. The zero-order chi connectivity index (χ0) is 17.1. The average molecular weight is 322 g/mol. The fourth-order valence-corrected chi connectivity index (χ4v) is 3.13. The van der Waals surface area contributed by atoms with Crippen molar-refractivity contribution < 1.29 is 4.74 Å². The molecule has 0 aliphatic rings. The third-order valence-corrected chi connectivity index (χ3v) is 4.55. The van der Waals surface area contributed by atoms with E-state index in [1.165, 1.54) is 27.7 Å². The van der Waals surface area contributed by atoms with Gasteiger partial charge in [0.25, 0.3) is 0 Å². The van der Waals surface area contributed by atoms with Crippen molar-refractivity contribution in [2.75, 3.05) is 27.2 Å². The molecule has 0 bridgehead atoms. The maximum Gasteiger partial charge on any atom is 0.123 e. The van der Waals surface area contributed by atoms with Gasteiger partial charge >= 0.3 is 0 Å². The highest BCUT2D eigenvalue weighted by Crippen LogP contribution is 2.32. The van der Waals surface area contributed by atoms with E-state index in [-0.39, 0.29) is 6.10 Å². The minimum absolute atomic E-state index is 0.0523. The molecule has 126 valence electrons. The first-order chi connectivity index (χ1) is 11.6. The van der Waals surface area contributed by atoms with Gasteiger partial charge in [-0.3, -0.25) is 0 Å². The summed E-state index contributed by atoms with van der Waals surface area (Å²) in [5.41, 5.74) is 4.94. The SMILES string of the molecule is Cc1ccccc1C(OCCN(C)C)c1cc2ccccc2n1C. The second kappa shape index (κ2) is 7.20. The third kappa shape index (κ3) is 3.37. The monoisotopic (exact) mass is 322 g/mol. The van der Waals surface area contributed by atoms with Gasteiger partial charge < -0.3 is 14.2 Å². The lowest BCUT2D eigenvalue weighted by atomic mass is 10.0. The van der Waals surface area contributed by atoms with E-state index in [2.05, 4.69) is 92.1 Å². The number of benzene rings is 2. The number of para-hydroxylation sites is 1. The maximum absolute atomic E-state index is 6.35. The van der Waals surface area contributed by atoms with E-state index >= 15 is 0 Å². The molecule has 0 aliphatic carbocycles. The molecule has 3 rings (SSSR count). The van der Waals surface area contributed by atoms with Crippen LogP contribution in [0, 0.1) is 6.92 Å². The molecule has 0 N–H and O–H groups in total. The van der Waals surface area contributed by atoms with Crippen LogP contribution >= 0.6 is 0 Å². The van der Waals surface area contributed by atoms with Gasteiger partial charge in [0.1, 0.15) is 6.10 Å². The largest absolute Gasteiger partial charge is 0.366 e. The van der Waals surface area contributed by atoms with Crippen LogP contribution in [0.4, 0.5) is 0 Å². The summed E-state index contributed by atoms with van der Waals surface area (Å²) in [4.78, 5) is 2.15. The lowest BCUT2D eigenvalue weighted by Gasteiger charge is -2.22. The Balaban J connectivity index is 2.02. The van der Waals surface area contributed by atoms with Gasteiger partial charge in [0.2, 0.25) is 0 Å². The summed E-state index contributed by atoms with van der Waals surface area (Å²) in [6.07, 6.45) is -0.0523. The number of likely N-dealkylation sites (N-methyl/N-ethyl adjacent to an activating group) is 1. The summed E-state index contributed by atoms with van der Waals surface area (Å²) in [6.45, 7) is 3.76. The fourth-order valence-electron chi connectivity index (χ4n) is 3.13. The molecule has 0 aliphatic heterocycles. The minimum Gasteiger partial charge on any atom is -0.366 e. The zero-order valence-electron chi connectivity index (χ0n) is 15.0. The maximum atomic E-state index is 6.35. The first kappa shape index (κ1) is 16.7. The zero-order valence-corrected chi connectivity index (χ0v) is 15.0. The van der Waals surface area contributed by atoms with E-state index < -0.39 is 0 Å². The molecular weight excluding hydrogens is 296 g/mol. The molecule has 0 saturated heterocycles. The Morgan fingerprint density at radius 3 is 2.46 bits per heavy atom. The van der Waals surface area contributed by atoms with Crippen molar-refractivity contribution >= 4 is 10.9 Å². The smallest absolute Gasteiger partial charge is 0.123 e. The van der Waals surface area contributed by atoms with Crippen molar-refractivity contribution in [1.29, 1.82) is 0 Å². The van der Waals surface area contributed by atoms with Crippen LogP contribution in [-0.2, 0) is 11.8 Å². The number of nitrogens with zero attached hydrogens (tertiary/aromatic N) is 2. The second-order valence-electron chi connectivity index (χ2n) is 6.60. The van der Waals surface area contributed by atoms with Gasteiger partial charge in [0, 0.05) is 19.1 Å². The molecule has 3 heteroatoms. The van der Waals surface area contributed by atoms with E-state index in [1.807, 2.05) is 0 Å². The van der Waals surface area contributed by atoms with Crippen molar-refractivity contribution in [1.82, 2.24) is 9.47 Å². The Labute approximate surface area is 144 Å². The normalized spacial score (nSPS) is 12.9. The molecule has 1 aromatic heterocycles. The summed E-state index contributed by atoms with van der Waals surface area (Å²) in [7, 11) is 6.27. The molecule has 0 spiro atoms. The molecular formula is C21H26N2O. The number of fused-ring (bicyclic) bond motifs is 1. The Morgan fingerprint density at radius 2 is 1.75 bits per heavy atom. The Kier molecular flexibility index (Phi) is 5.03. The van der Waals surface area contributed by atoms with Crippen LogP contribution in [0.1, 0.15) is 22.9 Å². The van der Waals surface area contributed by atoms with Gasteiger partial charge in [-0.25, -0.2) is 0 Å². The van der Waals surface area contributed by atoms with Crippen molar-refractivity contribution in [3.8, 4) is 0 Å². The Hall–Kier alpha value is -2.10. The molecule has 1 heterocycles. The van der Waals surface area contributed by atoms with Gasteiger partial charge in [0.15, 0.2) is 0 Å². The average Bonchev–Trinajstić information content (AvgIpc) is 2.90. The van der Waals surface area contributed by atoms with Crippen LogP contribution in [0.25, 0.3) is 10.9 Å². The van der Waals surface area contributed by atoms with Crippen molar-refractivity contribution in [3.05, 3.63) is 71.4 Å². The molecule has 0 fully saturated rings. The molecule has 1 unspecified atom stereocenters. The van der Waals surface area contributed by atoms with E-state index in [0.29, 0.717) is 6.61 Å². The highest BCUT2D eigenvalue weighted by atomic mass is 16.5. The predicted molar refractivity (Wildman–Crippen MR) is 100 cm³/mol. The van der Waals surface area contributed by atoms with Crippen molar-refractivity contribution in [2.45, 2.75) is 13.0 Å². The van der Waals surface area contributed by atoms with Crippen LogP contribution in [-0.4, -0.2) is 36.7 Å². The van der Waals surface area contributed by atoms with Crippen LogP contribution in [0.15, 0.2) is 54.6 Å². The number of rotatable bonds is 6. The quantitative estimate of drug-likeness (QED) is 0.678. The second-order valence-corrected chi connectivity index (χ2v) is 6.60. The molecule has 0 saturated carbocycles. The standard InChI is InChI=1S/C21H26N2O/c1-16-9-5-7-11-18(16)21(24-14-13-22(2)3)20-15-17-10-6-8-12-19(17)23(20)4/h5-12,15,21H,13-14H2,1-4H3. The molecule has 0 radical (unpaired) electrons. The van der Waals surface area contributed by atoms with E-state index in [0.717, 1.165) is 6.54 Å². The van der Waals surface area contributed by atoms with Gasteiger partial charge in [-0.15, -0.1) is 0 Å². The van der Waals surface area contributed by atoms with Crippen LogP contribution in [0.3, 0.4) is 0 Å². The van der Waals surface area contributed by atoms with Gasteiger partial charge in [-0.05, 0) is 49.7 Å². The van der Waals surface area contributed by atoms with Crippen LogP contribution < -0.4 is 0 Å². The Morgan fingerprint density at radius 1 is 1.04 bits per heavy atom. The minimum atomic E-state index is -0.0523. The molecule has 1 atom stereocenters. The van der Waals surface area contributed by atoms with Crippen LogP contribution in [0.2, 0.25) is 0 Å². The number of ether oxygens (including phenoxy) is 1. The van der Waals surface area contributed by atoms with E-state index in [1.54, 1.807) is 0 Å². The molecule has 3 nitrogen and oxygen atoms in total. The highest BCUT2D eigenvalue weighted by molar-refractivity contribution is 5.81. The van der Waals surface area contributed by atoms with E-state index in [4.69, 9.17) is 4.74 Å². The molecule has 24 heavy (non-hydrogen) atoms. The molecule has 2 aromatic carbocycles. The number of hydrogen-bond acceptors (Lipinski definition) is 2. The number of aryl methyl sites for hydroxylation is 2. The number of hydrogen-bond donors (Lipinski definition) is 0. The van der Waals surface area contributed by atoms with Gasteiger partial charge in [-0.2, -0.15) is 0 Å². The third-order valence-electron chi connectivity index (χ3n) is 4.55. The summed E-state index contributed by atoms with van der Waals surface area (Å²) in [5.74, 6) is 0. The predicted octanol–water partition coefficient (Wildman–Crippen LogP) is 4.15. The lowest BCUT2D eigenvalue weighted by Crippen LogP contribution is -2.21. The topological polar surface area (TPSA) is 17.4 Å². The van der Waals surface area contributed by atoms with Crippen molar-refractivity contribution in [3.63, 3.8) is 0 Å². The summed E-state index contributed by atoms with van der Waals surface area (Å²) < 4.78 is 8.61. The van der Waals surface area contributed by atoms with Gasteiger partial charge in [0.05, 0.1) is 12.3 Å². The summed E-state index contributed by atoms with van der Waals surface area (Å²) in [5, 5.41) is 1.25. The van der Waals surface area contributed by atoms with Crippen LogP contribution in [0.5, 0.6) is 0 Å². The van der Waals surface area contributed by atoms with E-state index in [9.17, 15) is 0 Å². The first-order valence-electron chi connectivity index (χ1n) is 8.44. The van der Waals surface area contributed by atoms with Gasteiger partial charge in [-0.1, -0.05) is 42.5 Å². The fraction of sp³-hybridized carbons (Fsp3) is 0.333. The summed E-state index contributed by atoms with van der Waals surface area (Å²) >= 11 is 0.